The average molecular weight is 443 g/mol. The summed E-state index contributed by atoms with van der Waals surface area (Å²) in [5.41, 5.74) is 0. The molecule has 2 aliphatic rings. The van der Waals surface area contributed by atoms with Crippen LogP contribution in [0.25, 0.3) is 0 Å². The van der Waals surface area contributed by atoms with Crippen molar-refractivity contribution in [3.63, 3.8) is 0 Å². The maximum atomic E-state index is 13.0. The summed E-state index contributed by atoms with van der Waals surface area (Å²) in [6, 6.07) is -2.70. The molecule has 0 aromatic carbocycles. The predicted octanol–water partition coefficient (Wildman–Crippen LogP) is 0.193. The van der Waals surface area contributed by atoms with Crippen LogP contribution in [-0.4, -0.2) is 83.0 Å². The molecule has 4 N–H and O–H groups in total. The van der Waals surface area contributed by atoms with Crippen LogP contribution in [0.4, 0.5) is 0 Å². The smallest absolute Gasteiger partial charge is 0.326 e. The lowest BCUT2D eigenvalue weighted by Gasteiger charge is -2.29. The molecule has 2 heterocycles. The Kier molecular flexibility index (Phi) is 9.41. The molecule has 2 saturated heterocycles. The summed E-state index contributed by atoms with van der Waals surface area (Å²) in [6.45, 7) is 4.92. The van der Waals surface area contributed by atoms with Gasteiger partial charge in [0.15, 0.2) is 0 Å². The maximum Gasteiger partial charge on any atom is 0.326 e. The number of thioether (sulfide) groups is 1. The molecule has 2 rings (SSSR count). The number of carbonyl (C=O) groups is 4. The van der Waals surface area contributed by atoms with Gasteiger partial charge in [0.1, 0.15) is 18.1 Å². The van der Waals surface area contributed by atoms with E-state index in [1.54, 1.807) is 18.7 Å². The molecule has 9 nitrogen and oxygen atoms in total. The molecular weight excluding hydrogens is 408 g/mol. The van der Waals surface area contributed by atoms with Crippen LogP contribution in [0.1, 0.15) is 46.0 Å². The normalized spacial score (nSPS) is 23.3. The highest BCUT2D eigenvalue weighted by Gasteiger charge is 2.39. The first-order chi connectivity index (χ1) is 14.3. The van der Waals surface area contributed by atoms with Crippen LogP contribution < -0.4 is 16.0 Å². The van der Waals surface area contributed by atoms with Gasteiger partial charge in [-0.25, -0.2) is 4.79 Å². The zero-order chi connectivity index (χ0) is 22.3. The van der Waals surface area contributed by atoms with Crippen LogP contribution in [-0.2, 0) is 19.2 Å². The van der Waals surface area contributed by atoms with Crippen molar-refractivity contribution in [1.29, 1.82) is 0 Å². The van der Waals surface area contributed by atoms with E-state index < -0.39 is 30.0 Å². The van der Waals surface area contributed by atoms with Crippen molar-refractivity contribution < 1.29 is 24.3 Å². The van der Waals surface area contributed by atoms with Crippen LogP contribution >= 0.6 is 11.8 Å². The van der Waals surface area contributed by atoms with Gasteiger partial charge in [-0.1, -0.05) is 13.8 Å². The Morgan fingerprint density at radius 2 is 1.90 bits per heavy atom. The average Bonchev–Trinajstić information content (AvgIpc) is 3.39. The number of aliphatic carboxylic acids is 1. The molecule has 170 valence electrons. The third-order valence-corrected chi connectivity index (χ3v) is 6.31. The number of hydrogen-bond acceptors (Lipinski definition) is 6. The topological polar surface area (TPSA) is 128 Å². The van der Waals surface area contributed by atoms with Gasteiger partial charge in [-0.2, -0.15) is 11.8 Å². The van der Waals surface area contributed by atoms with Crippen molar-refractivity contribution in [3.8, 4) is 0 Å². The molecule has 10 heteroatoms. The third-order valence-electron chi connectivity index (χ3n) is 5.67. The number of nitrogens with zero attached hydrogens (tertiary/aromatic N) is 1. The van der Waals surface area contributed by atoms with Gasteiger partial charge in [-0.05, 0) is 56.6 Å². The minimum atomic E-state index is -1.09. The molecule has 0 radical (unpaired) electrons. The van der Waals surface area contributed by atoms with E-state index in [1.807, 2.05) is 6.26 Å². The maximum absolute atomic E-state index is 13.0. The summed E-state index contributed by atoms with van der Waals surface area (Å²) in [6.07, 6.45) is 5.19. The highest BCUT2D eigenvalue weighted by molar-refractivity contribution is 7.98. The molecule has 2 fully saturated rings. The number of hydrogen-bond donors (Lipinski definition) is 4. The van der Waals surface area contributed by atoms with E-state index in [1.165, 1.54) is 11.8 Å². The Balaban J connectivity index is 2.02. The van der Waals surface area contributed by atoms with E-state index >= 15 is 0 Å². The van der Waals surface area contributed by atoms with Gasteiger partial charge in [0.25, 0.3) is 0 Å². The first kappa shape index (κ1) is 24.5. The monoisotopic (exact) mass is 442 g/mol. The fourth-order valence-corrected chi connectivity index (χ4v) is 4.41. The fourth-order valence-electron chi connectivity index (χ4n) is 3.94. The Hall–Kier alpha value is -1.81. The molecule has 0 spiro atoms. The van der Waals surface area contributed by atoms with Crippen molar-refractivity contribution in [3.05, 3.63) is 0 Å². The quantitative estimate of drug-likeness (QED) is 0.380. The number of carboxylic acids is 1. The summed E-state index contributed by atoms with van der Waals surface area (Å²) < 4.78 is 0. The molecule has 4 unspecified atom stereocenters. The summed E-state index contributed by atoms with van der Waals surface area (Å²) in [5, 5.41) is 17.9. The summed E-state index contributed by atoms with van der Waals surface area (Å²) >= 11 is 1.50. The first-order valence-electron chi connectivity index (χ1n) is 10.6. The van der Waals surface area contributed by atoms with Crippen LogP contribution in [0.2, 0.25) is 0 Å². The van der Waals surface area contributed by atoms with E-state index in [0.29, 0.717) is 25.1 Å². The Labute approximate surface area is 182 Å². The second kappa shape index (κ2) is 11.5. The number of rotatable bonds is 10. The molecule has 0 bridgehead atoms. The molecule has 0 saturated carbocycles. The van der Waals surface area contributed by atoms with Gasteiger partial charge in [0.2, 0.25) is 17.7 Å². The van der Waals surface area contributed by atoms with Crippen LogP contribution in [0.15, 0.2) is 0 Å². The molecule has 0 aromatic rings. The van der Waals surface area contributed by atoms with E-state index in [0.717, 1.165) is 25.8 Å². The van der Waals surface area contributed by atoms with Crippen molar-refractivity contribution in [2.75, 3.05) is 25.1 Å². The number of carboxylic acid groups (broad SMARTS) is 1. The molecule has 2 aliphatic heterocycles. The molecule has 0 aromatic heterocycles. The van der Waals surface area contributed by atoms with E-state index in [2.05, 4.69) is 16.0 Å². The first-order valence-corrected chi connectivity index (χ1v) is 12.0. The predicted molar refractivity (Wildman–Crippen MR) is 115 cm³/mol. The van der Waals surface area contributed by atoms with Crippen LogP contribution in [0, 0.1) is 5.92 Å². The Bertz CT molecular complexity index is 639. The van der Waals surface area contributed by atoms with Crippen molar-refractivity contribution in [2.24, 2.45) is 5.92 Å². The van der Waals surface area contributed by atoms with Crippen LogP contribution in [0.3, 0.4) is 0 Å². The largest absolute Gasteiger partial charge is 0.480 e. The summed E-state index contributed by atoms with van der Waals surface area (Å²) in [7, 11) is 0. The molecule has 3 amide bonds. The van der Waals surface area contributed by atoms with Crippen molar-refractivity contribution in [1.82, 2.24) is 20.9 Å². The van der Waals surface area contributed by atoms with Crippen molar-refractivity contribution in [2.45, 2.75) is 70.1 Å². The van der Waals surface area contributed by atoms with Gasteiger partial charge >= 0.3 is 5.97 Å². The van der Waals surface area contributed by atoms with Crippen LogP contribution in [0.5, 0.6) is 0 Å². The standard InChI is InChI=1S/C20H34N4O5S/c1-12(2)16(18(26)22-14(20(28)29)8-11-30-3)23-17(25)15-7-5-10-24(15)19(27)13-6-4-9-21-13/h12-16,21H,4-11H2,1-3H3,(H,22,26)(H,23,25)(H,28,29). The van der Waals surface area contributed by atoms with Gasteiger partial charge in [-0.15, -0.1) is 0 Å². The zero-order valence-electron chi connectivity index (χ0n) is 18.0. The molecular formula is C20H34N4O5S. The lowest BCUT2D eigenvalue weighted by molar-refractivity contribution is -0.143. The lowest BCUT2D eigenvalue weighted by Crippen LogP contribution is -2.58. The van der Waals surface area contributed by atoms with Gasteiger partial charge in [-0.3, -0.25) is 14.4 Å². The van der Waals surface area contributed by atoms with E-state index in [-0.39, 0.29) is 23.8 Å². The highest BCUT2D eigenvalue weighted by atomic mass is 32.2. The Morgan fingerprint density at radius 1 is 1.17 bits per heavy atom. The minimum absolute atomic E-state index is 0.0568. The number of nitrogens with one attached hydrogen (secondary N) is 3. The number of carbonyl (C=O) groups excluding carboxylic acids is 3. The fraction of sp³-hybridized carbons (Fsp3) is 0.800. The van der Waals surface area contributed by atoms with Gasteiger partial charge < -0.3 is 26.0 Å². The zero-order valence-corrected chi connectivity index (χ0v) is 18.8. The lowest BCUT2D eigenvalue weighted by atomic mass is 10.0. The second-order valence-electron chi connectivity index (χ2n) is 8.25. The van der Waals surface area contributed by atoms with Gasteiger partial charge in [0, 0.05) is 6.54 Å². The van der Waals surface area contributed by atoms with E-state index in [9.17, 15) is 24.3 Å². The summed E-state index contributed by atoms with van der Waals surface area (Å²) in [5.74, 6) is -1.65. The SMILES string of the molecule is CSCCC(NC(=O)C(NC(=O)C1CCCN1C(=O)C1CCCN1)C(C)C)C(=O)O. The highest BCUT2D eigenvalue weighted by Crippen LogP contribution is 2.21. The second-order valence-corrected chi connectivity index (χ2v) is 9.24. The Morgan fingerprint density at radius 3 is 2.47 bits per heavy atom. The number of amides is 3. The van der Waals surface area contributed by atoms with E-state index in [4.69, 9.17) is 0 Å². The molecule has 4 atom stereocenters. The van der Waals surface area contributed by atoms with Crippen molar-refractivity contribution >= 4 is 35.5 Å². The minimum Gasteiger partial charge on any atom is -0.480 e. The number of likely N-dealkylation sites (tertiary alicyclic amines) is 1. The molecule has 0 aliphatic carbocycles. The molecule has 30 heavy (non-hydrogen) atoms. The summed E-state index contributed by atoms with van der Waals surface area (Å²) in [4.78, 5) is 51.6. The van der Waals surface area contributed by atoms with Gasteiger partial charge in [0.05, 0.1) is 6.04 Å². The third kappa shape index (κ3) is 6.34.